The maximum Gasteiger partial charge on any atom is 0.410 e. The van der Waals surface area contributed by atoms with E-state index in [0.717, 1.165) is 5.56 Å². The van der Waals surface area contributed by atoms with Gasteiger partial charge in [-0.3, -0.25) is 0 Å². The molecule has 0 radical (unpaired) electrons. The van der Waals surface area contributed by atoms with E-state index in [1.54, 1.807) is 76.5 Å². The van der Waals surface area contributed by atoms with Crippen LogP contribution in [0.5, 0.6) is 0 Å². The van der Waals surface area contributed by atoms with Crippen LogP contribution in [0.25, 0.3) is 10.9 Å². The minimum Gasteiger partial charge on any atom is -0.466 e. The van der Waals surface area contributed by atoms with Gasteiger partial charge in [-0.15, -0.1) is 0 Å². The predicted octanol–water partition coefficient (Wildman–Crippen LogP) is 5.46. The summed E-state index contributed by atoms with van der Waals surface area (Å²) in [6, 6.07) is 11.3. The van der Waals surface area contributed by atoms with Gasteiger partial charge in [0.05, 0.1) is 23.6 Å². The number of carbonyl (C=O) groups is 2. The van der Waals surface area contributed by atoms with Gasteiger partial charge in [-0.1, -0.05) is 45.8 Å². The molecule has 2 aromatic carbocycles. The van der Waals surface area contributed by atoms with Crippen molar-refractivity contribution >= 4 is 48.9 Å². The molecule has 0 saturated carbocycles. The Bertz CT molecular complexity index is 1440. The summed E-state index contributed by atoms with van der Waals surface area (Å²) in [6.07, 6.45) is 3.97. The lowest BCUT2D eigenvalue weighted by atomic mass is 10.0. The van der Waals surface area contributed by atoms with Gasteiger partial charge in [0, 0.05) is 29.2 Å². The molecular formula is C27H31BrN2O6S. The Kier molecular flexibility index (Phi) is 8.54. The first-order chi connectivity index (χ1) is 17.2. The molecule has 0 saturated heterocycles. The number of aryl methyl sites for hydroxylation is 1. The van der Waals surface area contributed by atoms with Crippen molar-refractivity contribution in [2.75, 3.05) is 14.2 Å². The fourth-order valence-corrected chi connectivity index (χ4v) is 5.75. The van der Waals surface area contributed by atoms with Crippen LogP contribution < -0.4 is 0 Å². The molecule has 0 bridgehead atoms. The van der Waals surface area contributed by atoms with Gasteiger partial charge >= 0.3 is 12.1 Å². The molecule has 37 heavy (non-hydrogen) atoms. The van der Waals surface area contributed by atoms with Crippen LogP contribution in [-0.2, 0) is 30.7 Å². The Hall–Kier alpha value is -3.11. The van der Waals surface area contributed by atoms with Gasteiger partial charge in [0.25, 0.3) is 10.0 Å². The Morgan fingerprint density at radius 2 is 1.78 bits per heavy atom. The van der Waals surface area contributed by atoms with E-state index in [-0.39, 0.29) is 11.3 Å². The summed E-state index contributed by atoms with van der Waals surface area (Å²) in [5, 5.41) is 0.687. The van der Waals surface area contributed by atoms with E-state index in [4.69, 9.17) is 9.47 Å². The number of likely N-dealkylation sites (N-methyl/N-ethyl adjacent to an activating group) is 1. The predicted molar refractivity (Wildman–Crippen MR) is 146 cm³/mol. The van der Waals surface area contributed by atoms with E-state index < -0.39 is 33.7 Å². The van der Waals surface area contributed by atoms with Gasteiger partial charge in [-0.05, 0) is 63.9 Å². The average Bonchev–Trinajstić information content (AvgIpc) is 3.20. The SMILES string of the molecule is COC(=O)/C=C/[C@@H](Cc1cn(S(=O)(=O)c2ccc(C)cc2)c2cccc(Br)c12)N(C)C(=O)OC(C)(C)C. The van der Waals surface area contributed by atoms with Crippen molar-refractivity contribution in [3.05, 3.63) is 76.4 Å². The van der Waals surface area contributed by atoms with E-state index in [2.05, 4.69) is 15.9 Å². The number of hydrogen-bond acceptors (Lipinski definition) is 6. The average molecular weight is 592 g/mol. The first-order valence-corrected chi connectivity index (χ1v) is 13.8. The second kappa shape index (κ2) is 11.1. The number of hydrogen-bond donors (Lipinski definition) is 0. The molecule has 10 heteroatoms. The van der Waals surface area contributed by atoms with Gasteiger partial charge in [0.15, 0.2) is 0 Å². The van der Waals surface area contributed by atoms with Crippen LogP contribution in [0.2, 0.25) is 0 Å². The number of halogens is 1. The molecule has 3 aromatic rings. The molecule has 0 aliphatic carbocycles. The molecule has 0 spiro atoms. The Balaban J connectivity index is 2.12. The number of amides is 1. The fraction of sp³-hybridized carbons (Fsp3) is 0.333. The van der Waals surface area contributed by atoms with Crippen LogP contribution in [-0.4, -0.2) is 55.2 Å². The number of methoxy groups -OCH3 is 1. The number of benzene rings is 2. The van der Waals surface area contributed by atoms with Crippen LogP contribution in [0, 0.1) is 6.92 Å². The third-order valence-electron chi connectivity index (χ3n) is 5.66. The third kappa shape index (κ3) is 6.61. The number of ether oxygens (including phenoxy) is 2. The molecule has 0 fully saturated rings. The zero-order chi connectivity index (χ0) is 27.5. The topological polar surface area (TPSA) is 94.9 Å². The van der Waals surface area contributed by atoms with E-state index in [1.807, 2.05) is 13.0 Å². The number of esters is 1. The molecule has 0 N–H and O–H groups in total. The maximum atomic E-state index is 13.6. The highest BCUT2D eigenvalue weighted by Crippen LogP contribution is 2.33. The van der Waals surface area contributed by atoms with Crippen LogP contribution in [0.3, 0.4) is 0 Å². The molecule has 0 unspecified atom stereocenters. The summed E-state index contributed by atoms with van der Waals surface area (Å²) in [5.74, 6) is -0.576. The van der Waals surface area contributed by atoms with E-state index in [9.17, 15) is 18.0 Å². The minimum atomic E-state index is -3.91. The summed E-state index contributed by atoms with van der Waals surface area (Å²) in [7, 11) is -1.07. The Labute approximate surface area is 226 Å². The van der Waals surface area contributed by atoms with Crippen molar-refractivity contribution < 1.29 is 27.5 Å². The lowest BCUT2D eigenvalue weighted by Crippen LogP contribution is -2.41. The highest BCUT2D eigenvalue weighted by atomic mass is 79.9. The van der Waals surface area contributed by atoms with Crippen LogP contribution in [0.1, 0.15) is 31.9 Å². The molecule has 1 amide bonds. The number of carbonyl (C=O) groups excluding carboxylic acids is 2. The van der Waals surface area contributed by atoms with Crippen molar-refractivity contribution in [1.82, 2.24) is 8.87 Å². The van der Waals surface area contributed by atoms with Crippen molar-refractivity contribution in [2.45, 2.75) is 50.7 Å². The van der Waals surface area contributed by atoms with Gasteiger partial charge in [-0.25, -0.2) is 22.0 Å². The van der Waals surface area contributed by atoms with Gasteiger partial charge in [0.2, 0.25) is 0 Å². The molecule has 198 valence electrons. The lowest BCUT2D eigenvalue weighted by molar-refractivity contribution is -0.134. The van der Waals surface area contributed by atoms with Gasteiger partial charge in [-0.2, -0.15) is 0 Å². The number of nitrogens with zero attached hydrogens (tertiary/aromatic N) is 2. The number of rotatable bonds is 7. The highest BCUT2D eigenvalue weighted by molar-refractivity contribution is 9.10. The summed E-state index contributed by atoms with van der Waals surface area (Å²) in [5.41, 5.74) is 1.38. The van der Waals surface area contributed by atoms with Crippen molar-refractivity contribution in [1.29, 1.82) is 0 Å². The second-order valence-electron chi connectivity index (χ2n) is 9.65. The molecular weight excluding hydrogens is 560 g/mol. The zero-order valence-electron chi connectivity index (χ0n) is 21.7. The minimum absolute atomic E-state index is 0.162. The van der Waals surface area contributed by atoms with E-state index >= 15 is 0 Å². The van der Waals surface area contributed by atoms with Crippen LogP contribution in [0.15, 0.2) is 70.2 Å². The van der Waals surface area contributed by atoms with Crippen molar-refractivity contribution in [3.63, 3.8) is 0 Å². The molecule has 1 atom stereocenters. The smallest absolute Gasteiger partial charge is 0.410 e. The van der Waals surface area contributed by atoms with Crippen LogP contribution >= 0.6 is 15.9 Å². The molecule has 0 aliphatic heterocycles. The van der Waals surface area contributed by atoms with Crippen LogP contribution in [0.4, 0.5) is 4.79 Å². The summed E-state index contributed by atoms with van der Waals surface area (Å²) >= 11 is 3.56. The summed E-state index contributed by atoms with van der Waals surface area (Å²) < 4.78 is 39.4. The van der Waals surface area contributed by atoms with Gasteiger partial charge < -0.3 is 14.4 Å². The van der Waals surface area contributed by atoms with E-state index in [1.165, 1.54) is 22.1 Å². The highest BCUT2D eigenvalue weighted by Gasteiger charge is 2.28. The standard InChI is InChI=1S/C27H31BrN2O6S/c1-18-10-13-21(14-11-18)37(33,34)30-17-19(25-22(28)8-7-9-23(25)30)16-20(12-15-24(31)35-6)29(5)26(32)36-27(2,3)4/h7-15,17,20H,16H2,1-6H3/b15-12+/t20-/m0/s1. The molecule has 8 nitrogen and oxygen atoms in total. The first-order valence-electron chi connectivity index (χ1n) is 11.6. The number of aromatic nitrogens is 1. The maximum absolute atomic E-state index is 13.6. The van der Waals surface area contributed by atoms with Crippen molar-refractivity contribution in [2.24, 2.45) is 0 Å². The summed E-state index contributed by atoms with van der Waals surface area (Å²) in [6.45, 7) is 7.18. The molecule has 3 rings (SSSR count). The fourth-order valence-electron chi connectivity index (χ4n) is 3.75. The zero-order valence-corrected chi connectivity index (χ0v) is 24.1. The normalized spacial score (nSPS) is 13.1. The lowest BCUT2D eigenvalue weighted by Gasteiger charge is -2.29. The number of fused-ring (bicyclic) bond motifs is 1. The van der Waals surface area contributed by atoms with Gasteiger partial charge in [0.1, 0.15) is 5.60 Å². The molecule has 1 aromatic heterocycles. The Morgan fingerprint density at radius 1 is 1.14 bits per heavy atom. The molecule has 1 heterocycles. The largest absolute Gasteiger partial charge is 0.466 e. The Morgan fingerprint density at radius 3 is 2.38 bits per heavy atom. The summed E-state index contributed by atoms with van der Waals surface area (Å²) in [4.78, 5) is 26.2. The van der Waals surface area contributed by atoms with Crippen molar-refractivity contribution in [3.8, 4) is 0 Å². The monoisotopic (exact) mass is 590 g/mol. The first kappa shape index (κ1) is 28.5. The second-order valence-corrected chi connectivity index (χ2v) is 12.3. The third-order valence-corrected chi connectivity index (χ3v) is 8.01. The quantitative estimate of drug-likeness (QED) is 0.268. The van der Waals surface area contributed by atoms with E-state index in [0.29, 0.717) is 20.9 Å². The molecule has 0 aliphatic rings.